The van der Waals surface area contributed by atoms with E-state index >= 15 is 0 Å². The molecular weight excluding hydrogens is 661 g/mol. The number of benzene rings is 8. The van der Waals surface area contributed by atoms with Crippen molar-refractivity contribution < 1.29 is 0 Å². The normalized spacial score (nSPS) is 11.4. The maximum atomic E-state index is 5.24. The average molecular weight is 693 g/mol. The molecule has 2 heterocycles. The van der Waals surface area contributed by atoms with Crippen LogP contribution >= 0.6 is 11.3 Å². The van der Waals surface area contributed by atoms with Crippen LogP contribution in [0.3, 0.4) is 0 Å². The van der Waals surface area contributed by atoms with Gasteiger partial charge in [-0.05, 0) is 92.7 Å². The third-order valence-electron chi connectivity index (χ3n) is 10.1. The molecule has 0 unspecified atom stereocenters. The quantitative estimate of drug-likeness (QED) is 0.173. The molecule has 2 nitrogen and oxygen atoms in total. The molecule has 0 atom stereocenters. The van der Waals surface area contributed by atoms with Crippen LogP contribution < -0.4 is 0 Å². The summed E-state index contributed by atoms with van der Waals surface area (Å²) in [6.45, 7) is 0. The molecule has 0 saturated carbocycles. The predicted molar refractivity (Wildman–Crippen MR) is 225 cm³/mol. The van der Waals surface area contributed by atoms with Crippen LogP contribution in [0.25, 0.3) is 98.2 Å². The smallest absolute Gasteiger partial charge is 0.160 e. The van der Waals surface area contributed by atoms with E-state index in [9.17, 15) is 0 Å². The molecule has 53 heavy (non-hydrogen) atoms. The minimum atomic E-state index is 0.707. The third-order valence-corrected chi connectivity index (χ3v) is 11.2. The van der Waals surface area contributed by atoms with Crippen molar-refractivity contribution in [3.05, 3.63) is 194 Å². The molecule has 0 aliphatic rings. The van der Waals surface area contributed by atoms with Gasteiger partial charge in [-0.15, -0.1) is 11.3 Å². The van der Waals surface area contributed by atoms with Crippen LogP contribution in [-0.4, -0.2) is 9.97 Å². The number of hydrogen-bond donors (Lipinski definition) is 0. The maximum absolute atomic E-state index is 5.24. The van der Waals surface area contributed by atoms with E-state index in [1.807, 2.05) is 35.6 Å². The van der Waals surface area contributed by atoms with E-state index in [2.05, 4.69) is 170 Å². The Bertz CT molecular complexity index is 2880. The van der Waals surface area contributed by atoms with E-state index in [0.29, 0.717) is 5.82 Å². The first-order chi connectivity index (χ1) is 26.2. The van der Waals surface area contributed by atoms with Gasteiger partial charge in [-0.25, -0.2) is 9.97 Å². The van der Waals surface area contributed by atoms with Gasteiger partial charge >= 0.3 is 0 Å². The van der Waals surface area contributed by atoms with Crippen molar-refractivity contribution in [2.24, 2.45) is 0 Å². The lowest BCUT2D eigenvalue weighted by Gasteiger charge is -2.14. The highest BCUT2D eigenvalue weighted by Gasteiger charge is 2.15. The Morgan fingerprint density at radius 2 is 0.849 bits per heavy atom. The summed E-state index contributed by atoms with van der Waals surface area (Å²) >= 11 is 1.85. The molecule has 0 fully saturated rings. The van der Waals surface area contributed by atoms with Crippen molar-refractivity contribution >= 4 is 42.3 Å². The van der Waals surface area contributed by atoms with Gasteiger partial charge in [-0.3, -0.25) is 0 Å². The Kier molecular flexibility index (Phi) is 7.71. The summed E-state index contributed by atoms with van der Waals surface area (Å²) < 4.78 is 2.60. The van der Waals surface area contributed by atoms with Gasteiger partial charge in [0, 0.05) is 36.9 Å². The summed E-state index contributed by atoms with van der Waals surface area (Å²) in [5, 5.41) is 5.07. The van der Waals surface area contributed by atoms with E-state index < -0.39 is 0 Å². The number of nitrogens with zero attached hydrogens (tertiary/aromatic N) is 2. The van der Waals surface area contributed by atoms with Gasteiger partial charge < -0.3 is 0 Å². The predicted octanol–water partition coefficient (Wildman–Crippen LogP) is 14.0. The zero-order valence-electron chi connectivity index (χ0n) is 28.8. The van der Waals surface area contributed by atoms with Crippen LogP contribution in [0.1, 0.15) is 0 Å². The molecule has 0 radical (unpaired) electrons. The Balaban J connectivity index is 1.19. The monoisotopic (exact) mass is 692 g/mol. The molecule has 0 bridgehead atoms. The lowest BCUT2D eigenvalue weighted by molar-refractivity contribution is 1.18. The second kappa shape index (κ2) is 13.1. The first-order valence-corrected chi connectivity index (χ1v) is 18.7. The highest BCUT2D eigenvalue weighted by molar-refractivity contribution is 7.25. The van der Waals surface area contributed by atoms with Gasteiger partial charge in [-0.2, -0.15) is 0 Å². The topological polar surface area (TPSA) is 25.8 Å². The fourth-order valence-corrected chi connectivity index (χ4v) is 8.51. The minimum Gasteiger partial charge on any atom is -0.228 e. The number of thiophene rings is 1. The molecular formula is C50H32N2S. The van der Waals surface area contributed by atoms with Gasteiger partial charge in [0.05, 0.1) is 11.4 Å². The molecule has 10 rings (SSSR count). The summed E-state index contributed by atoms with van der Waals surface area (Å²) in [6, 6.07) is 69.4. The zero-order chi connectivity index (χ0) is 35.1. The SMILES string of the molecule is c1ccc(-c2cc(-c3cc(-c4cccc(-c5cccc6ccccc56)c4)cc(-c4ccc5sc6ccccc6c5c4)c3)nc(-c3ccccc3)n2)cc1. The van der Waals surface area contributed by atoms with E-state index in [1.165, 1.54) is 47.6 Å². The van der Waals surface area contributed by atoms with Crippen molar-refractivity contribution in [3.63, 3.8) is 0 Å². The average Bonchev–Trinajstić information content (AvgIpc) is 3.62. The molecule has 0 amide bonds. The van der Waals surface area contributed by atoms with Gasteiger partial charge in [0.25, 0.3) is 0 Å². The standard InChI is InChI=1S/C50H32N2S/c1-3-14-34(15-4-1)46-32-47(52-50(51-46)35-16-5-2-6-17-35)41-29-39(36-19-11-20-38(27-36)43-23-12-18-33-13-7-8-21-42(33)43)28-40(30-41)37-25-26-49-45(31-37)44-22-9-10-24-48(44)53-49/h1-32H. The van der Waals surface area contributed by atoms with Crippen LogP contribution in [0.15, 0.2) is 194 Å². The molecule has 3 heteroatoms. The van der Waals surface area contributed by atoms with Gasteiger partial charge in [0.1, 0.15) is 0 Å². The lowest BCUT2D eigenvalue weighted by atomic mass is 9.91. The van der Waals surface area contributed by atoms with Gasteiger partial charge in [-0.1, -0.05) is 146 Å². The maximum Gasteiger partial charge on any atom is 0.160 e. The number of fused-ring (bicyclic) bond motifs is 4. The minimum absolute atomic E-state index is 0.707. The van der Waals surface area contributed by atoms with Crippen molar-refractivity contribution in [2.45, 2.75) is 0 Å². The molecule has 0 spiro atoms. The van der Waals surface area contributed by atoms with Crippen molar-refractivity contribution in [1.29, 1.82) is 0 Å². The Hall–Kier alpha value is -6.68. The van der Waals surface area contributed by atoms with Crippen LogP contribution in [0.2, 0.25) is 0 Å². The number of rotatable bonds is 6. The molecule has 0 N–H and O–H groups in total. The fourth-order valence-electron chi connectivity index (χ4n) is 7.43. The van der Waals surface area contributed by atoms with Crippen molar-refractivity contribution in [1.82, 2.24) is 9.97 Å². The van der Waals surface area contributed by atoms with Gasteiger partial charge in [0.15, 0.2) is 5.82 Å². The lowest BCUT2D eigenvalue weighted by Crippen LogP contribution is -1.96. The first-order valence-electron chi connectivity index (χ1n) is 17.9. The van der Waals surface area contributed by atoms with Crippen LogP contribution in [0.4, 0.5) is 0 Å². The van der Waals surface area contributed by atoms with Crippen molar-refractivity contribution in [2.75, 3.05) is 0 Å². The van der Waals surface area contributed by atoms with E-state index in [-0.39, 0.29) is 0 Å². The second-order valence-electron chi connectivity index (χ2n) is 13.4. The van der Waals surface area contributed by atoms with Crippen LogP contribution in [-0.2, 0) is 0 Å². The molecule has 0 aliphatic carbocycles. The first kappa shape index (κ1) is 31.1. The van der Waals surface area contributed by atoms with Crippen LogP contribution in [0, 0.1) is 0 Å². The largest absolute Gasteiger partial charge is 0.228 e. The van der Waals surface area contributed by atoms with Crippen molar-refractivity contribution in [3.8, 4) is 67.3 Å². The number of hydrogen-bond acceptors (Lipinski definition) is 3. The Morgan fingerprint density at radius 3 is 1.66 bits per heavy atom. The highest BCUT2D eigenvalue weighted by atomic mass is 32.1. The summed E-state index contributed by atoms with van der Waals surface area (Å²) in [5.74, 6) is 0.707. The summed E-state index contributed by atoms with van der Waals surface area (Å²) in [5.41, 5.74) is 11.9. The molecule has 0 aliphatic heterocycles. The molecule has 0 saturated heterocycles. The third kappa shape index (κ3) is 5.87. The molecule has 248 valence electrons. The molecule has 10 aromatic rings. The Morgan fingerprint density at radius 1 is 0.302 bits per heavy atom. The fraction of sp³-hybridized carbons (Fsp3) is 0. The van der Waals surface area contributed by atoms with Crippen LogP contribution in [0.5, 0.6) is 0 Å². The zero-order valence-corrected chi connectivity index (χ0v) is 29.6. The van der Waals surface area contributed by atoms with E-state index in [4.69, 9.17) is 9.97 Å². The Labute approximate surface area is 312 Å². The summed E-state index contributed by atoms with van der Waals surface area (Å²) in [4.78, 5) is 10.3. The second-order valence-corrected chi connectivity index (χ2v) is 14.5. The number of aromatic nitrogens is 2. The summed E-state index contributed by atoms with van der Waals surface area (Å²) in [7, 11) is 0. The van der Waals surface area contributed by atoms with E-state index in [0.717, 1.165) is 44.8 Å². The van der Waals surface area contributed by atoms with Gasteiger partial charge in [0.2, 0.25) is 0 Å². The highest BCUT2D eigenvalue weighted by Crippen LogP contribution is 2.40. The molecule has 2 aromatic heterocycles. The molecule has 8 aromatic carbocycles. The summed E-state index contributed by atoms with van der Waals surface area (Å²) in [6.07, 6.45) is 0. The van der Waals surface area contributed by atoms with E-state index in [1.54, 1.807) is 0 Å².